The molecule has 2 aromatic carbocycles. The van der Waals surface area contributed by atoms with Gasteiger partial charge in [0.15, 0.2) is 17.3 Å². The van der Waals surface area contributed by atoms with Gasteiger partial charge in [-0.15, -0.1) is 0 Å². The Balaban J connectivity index is 1.58. The largest absolute Gasteiger partial charge is 0.350 e. The number of hydrogen-bond acceptors (Lipinski definition) is 5. The van der Waals surface area contributed by atoms with Gasteiger partial charge in [0, 0.05) is 18.2 Å². The average Bonchev–Trinajstić information content (AvgIpc) is 3.19. The predicted molar refractivity (Wildman–Crippen MR) is 116 cm³/mol. The first-order valence-electron chi connectivity index (χ1n) is 10.5. The molecule has 164 valence electrons. The molecule has 2 N–H and O–H groups in total. The van der Waals surface area contributed by atoms with E-state index in [0.29, 0.717) is 28.5 Å². The summed E-state index contributed by atoms with van der Waals surface area (Å²) in [5.41, 5.74) is 1.59. The molecule has 0 radical (unpaired) electrons. The van der Waals surface area contributed by atoms with Gasteiger partial charge in [0.05, 0.1) is 11.8 Å². The summed E-state index contributed by atoms with van der Waals surface area (Å²) in [6, 6.07) is 10.6. The number of nitrogens with one attached hydrogen (secondary N) is 2. The van der Waals surface area contributed by atoms with E-state index in [9.17, 15) is 13.2 Å². The van der Waals surface area contributed by atoms with Gasteiger partial charge in [-0.2, -0.15) is 4.98 Å². The van der Waals surface area contributed by atoms with Crippen molar-refractivity contribution in [1.82, 2.24) is 24.8 Å². The number of aromatic nitrogens is 4. The molecular weight excluding hydrogens is 417 g/mol. The molecule has 1 aliphatic rings. The third kappa shape index (κ3) is 3.80. The van der Waals surface area contributed by atoms with Crippen LogP contribution in [0.1, 0.15) is 24.4 Å². The highest BCUT2D eigenvalue weighted by Crippen LogP contribution is 2.33. The highest BCUT2D eigenvalue weighted by molar-refractivity contribution is 5.78. The highest BCUT2D eigenvalue weighted by atomic mass is 19.2. The Hall–Kier alpha value is -3.46. The monoisotopic (exact) mass is 438 g/mol. The van der Waals surface area contributed by atoms with E-state index < -0.39 is 11.6 Å². The van der Waals surface area contributed by atoms with E-state index >= 15 is 0 Å². The molecule has 4 aromatic rings. The van der Waals surface area contributed by atoms with Crippen molar-refractivity contribution < 1.29 is 13.2 Å². The van der Waals surface area contributed by atoms with Crippen LogP contribution in [0.5, 0.6) is 0 Å². The molecular formula is C23H21F3N6. The van der Waals surface area contributed by atoms with Gasteiger partial charge in [0.1, 0.15) is 17.2 Å². The van der Waals surface area contributed by atoms with Gasteiger partial charge in [0.2, 0.25) is 5.95 Å². The Morgan fingerprint density at radius 3 is 2.56 bits per heavy atom. The fourth-order valence-corrected chi connectivity index (χ4v) is 4.07. The molecule has 0 unspecified atom stereocenters. The van der Waals surface area contributed by atoms with Gasteiger partial charge >= 0.3 is 0 Å². The molecule has 0 bridgehead atoms. The van der Waals surface area contributed by atoms with Crippen LogP contribution < -0.4 is 10.6 Å². The summed E-state index contributed by atoms with van der Waals surface area (Å²) in [5, 5.41) is 6.36. The van der Waals surface area contributed by atoms with E-state index in [1.807, 2.05) is 4.57 Å². The molecule has 9 heteroatoms. The van der Waals surface area contributed by atoms with Gasteiger partial charge in [-0.25, -0.2) is 23.1 Å². The number of anilines is 1. The highest BCUT2D eigenvalue weighted by Gasteiger charge is 2.25. The number of benzene rings is 2. The first-order valence-corrected chi connectivity index (χ1v) is 10.5. The third-order valence-electron chi connectivity index (χ3n) is 5.69. The van der Waals surface area contributed by atoms with Gasteiger partial charge in [-0.1, -0.05) is 24.3 Å². The van der Waals surface area contributed by atoms with Crippen molar-refractivity contribution in [2.75, 3.05) is 18.4 Å². The third-order valence-corrected chi connectivity index (χ3v) is 5.69. The molecule has 1 fully saturated rings. The molecule has 5 rings (SSSR count). The van der Waals surface area contributed by atoms with Crippen LogP contribution in [0.3, 0.4) is 0 Å². The number of piperidine rings is 1. The van der Waals surface area contributed by atoms with Crippen LogP contribution >= 0.6 is 0 Å². The Kier molecular flexibility index (Phi) is 5.48. The topological polar surface area (TPSA) is 67.7 Å². The van der Waals surface area contributed by atoms with E-state index in [2.05, 4.69) is 25.6 Å². The summed E-state index contributed by atoms with van der Waals surface area (Å²) in [4.78, 5) is 13.5. The maximum absolute atomic E-state index is 14.7. The number of halogens is 3. The minimum Gasteiger partial charge on any atom is -0.350 e. The summed E-state index contributed by atoms with van der Waals surface area (Å²) >= 11 is 0. The predicted octanol–water partition coefficient (Wildman–Crippen LogP) is 4.45. The first kappa shape index (κ1) is 20.4. The van der Waals surface area contributed by atoms with Crippen LogP contribution in [-0.4, -0.2) is 32.6 Å². The summed E-state index contributed by atoms with van der Waals surface area (Å²) in [6.07, 6.45) is 3.15. The maximum atomic E-state index is 14.7. The van der Waals surface area contributed by atoms with Crippen molar-refractivity contribution in [2.24, 2.45) is 0 Å². The van der Waals surface area contributed by atoms with Gasteiger partial charge < -0.3 is 15.2 Å². The van der Waals surface area contributed by atoms with Crippen molar-refractivity contribution >= 4 is 17.1 Å². The molecule has 0 saturated carbocycles. The lowest BCUT2D eigenvalue weighted by Gasteiger charge is -2.26. The van der Waals surface area contributed by atoms with Gasteiger partial charge in [-0.3, -0.25) is 0 Å². The van der Waals surface area contributed by atoms with Crippen LogP contribution in [-0.2, 0) is 6.54 Å². The zero-order chi connectivity index (χ0) is 22.1. The van der Waals surface area contributed by atoms with Crippen LogP contribution in [0.4, 0.5) is 19.1 Å². The summed E-state index contributed by atoms with van der Waals surface area (Å²) in [5.74, 6) is -1.55. The SMILES string of the molecule is Fc1ccccc1CNc1ncc2nc(-c3cccc(F)c3F)n(C3CCNCC3)c2n1. The van der Waals surface area contributed by atoms with Crippen molar-refractivity contribution in [3.05, 3.63) is 71.7 Å². The van der Waals surface area contributed by atoms with Crippen LogP contribution in [0, 0.1) is 17.5 Å². The van der Waals surface area contributed by atoms with Crippen molar-refractivity contribution in [1.29, 1.82) is 0 Å². The van der Waals surface area contributed by atoms with Gasteiger partial charge in [-0.05, 0) is 44.1 Å². The lowest BCUT2D eigenvalue weighted by atomic mass is 10.1. The van der Waals surface area contributed by atoms with Crippen molar-refractivity contribution in [2.45, 2.75) is 25.4 Å². The number of imidazole rings is 1. The minimum atomic E-state index is -0.941. The number of nitrogens with zero attached hydrogens (tertiary/aromatic N) is 4. The Morgan fingerprint density at radius 2 is 1.75 bits per heavy atom. The lowest BCUT2D eigenvalue weighted by Crippen LogP contribution is -2.30. The van der Waals surface area contributed by atoms with E-state index in [1.165, 1.54) is 18.2 Å². The van der Waals surface area contributed by atoms with E-state index in [1.54, 1.807) is 24.4 Å². The summed E-state index contributed by atoms with van der Waals surface area (Å²) in [7, 11) is 0. The molecule has 0 aliphatic carbocycles. The molecule has 0 atom stereocenters. The molecule has 6 nitrogen and oxygen atoms in total. The van der Waals surface area contributed by atoms with Crippen molar-refractivity contribution in [3.8, 4) is 11.4 Å². The van der Waals surface area contributed by atoms with E-state index in [0.717, 1.165) is 32.0 Å². The average molecular weight is 438 g/mol. The normalized spacial score (nSPS) is 14.7. The lowest BCUT2D eigenvalue weighted by molar-refractivity contribution is 0.375. The minimum absolute atomic E-state index is 0.0215. The maximum Gasteiger partial charge on any atom is 0.225 e. The molecule has 2 aromatic heterocycles. The fourth-order valence-electron chi connectivity index (χ4n) is 4.07. The standard InChI is InChI=1S/C23H21F3N6/c24-17-6-2-1-4-14(17)12-28-23-29-13-19-22(31-23)32(15-8-10-27-11-9-15)21(30-19)16-5-3-7-18(25)20(16)26/h1-7,13,15,27H,8-12H2,(H,28,29,31). The Labute approximate surface area is 182 Å². The van der Waals surface area contributed by atoms with E-state index in [-0.39, 0.29) is 24.0 Å². The van der Waals surface area contributed by atoms with Gasteiger partial charge in [0.25, 0.3) is 0 Å². The van der Waals surface area contributed by atoms with Crippen LogP contribution in [0.15, 0.2) is 48.7 Å². The second-order valence-electron chi connectivity index (χ2n) is 7.74. The zero-order valence-electron chi connectivity index (χ0n) is 17.2. The van der Waals surface area contributed by atoms with Crippen molar-refractivity contribution in [3.63, 3.8) is 0 Å². The fraction of sp³-hybridized carbons (Fsp3) is 0.261. The summed E-state index contributed by atoms with van der Waals surface area (Å²) in [6.45, 7) is 1.82. The number of fused-ring (bicyclic) bond motifs is 1. The smallest absolute Gasteiger partial charge is 0.225 e. The van der Waals surface area contributed by atoms with E-state index in [4.69, 9.17) is 0 Å². The molecule has 32 heavy (non-hydrogen) atoms. The Bertz CT molecular complexity index is 1270. The number of hydrogen-bond donors (Lipinski definition) is 2. The molecule has 1 aliphatic heterocycles. The number of rotatable bonds is 5. The molecule has 0 spiro atoms. The quantitative estimate of drug-likeness (QED) is 0.482. The second kappa shape index (κ2) is 8.58. The first-order chi connectivity index (χ1) is 15.6. The van der Waals surface area contributed by atoms with Crippen LogP contribution in [0.2, 0.25) is 0 Å². The summed E-state index contributed by atoms with van der Waals surface area (Å²) < 4.78 is 44.5. The molecule has 3 heterocycles. The Morgan fingerprint density at radius 1 is 0.969 bits per heavy atom. The molecule has 1 saturated heterocycles. The second-order valence-corrected chi connectivity index (χ2v) is 7.74. The zero-order valence-corrected chi connectivity index (χ0v) is 17.2. The van der Waals surface area contributed by atoms with Crippen LogP contribution in [0.25, 0.3) is 22.6 Å². The molecule has 0 amide bonds.